The van der Waals surface area contributed by atoms with Crippen LogP contribution >= 0.6 is 0 Å². The Balaban J connectivity index is 3.94. The van der Waals surface area contributed by atoms with Gasteiger partial charge in [-0.2, -0.15) is 0 Å². The number of carboxylic acids is 1. The lowest BCUT2D eigenvalue weighted by atomic mass is 9.85. The molecule has 1 saturated carbocycles. The second-order valence-electron chi connectivity index (χ2n) is 21.3. The maximum atomic E-state index is 11.3. The van der Waals surface area contributed by atoms with Crippen LogP contribution in [0.15, 0.2) is 12.2 Å². The molecule has 5 nitrogen and oxygen atoms in total. The van der Waals surface area contributed by atoms with Gasteiger partial charge in [0.15, 0.2) is 0 Å². The van der Waals surface area contributed by atoms with Crippen molar-refractivity contribution in [2.45, 2.75) is 283 Å². The van der Waals surface area contributed by atoms with E-state index in [4.69, 9.17) is 13.3 Å². The smallest absolute Gasteiger partial charge is 0.303 e. The third-order valence-corrected chi connectivity index (χ3v) is 33.4. The van der Waals surface area contributed by atoms with Crippen molar-refractivity contribution in [3.8, 4) is 0 Å². The topological polar surface area (TPSA) is 65.0 Å². The van der Waals surface area contributed by atoms with Gasteiger partial charge in [0.2, 0.25) is 25.0 Å². The highest BCUT2D eigenvalue weighted by molar-refractivity contribution is 6.78. The van der Waals surface area contributed by atoms with Crippen LogP contribution in [-0.2, 0) is 18.1 Å². The molecule has 1 aliphatic rings. The Morgan fingerprint density at radius 1 is 0.561 bits per heavy atom. The molecule has 0 aliphatic heterocycles. The van der Waals surface area contributed by atoms with Gasteiger partial charge in [-0.1, -0.05) is 176 Å². The summed E-state index contributed by atoms with van der Waals surface area (Å²) in [7, 11) is -6.46. The number of carbonyl (C=O) groups is 1. The summed E-state index contributed by atoms with van der Waals surface area (Å²) >= 11 is 0. The summed E-state index contributed by atoms with van der Waals surface area (Å²) in [6.07, 6.45) is 18.7. The van der Waals surface area contributed by atoms with Gasteiger partial charge in [-0.15, -0.1) is 0 Å². The molecule has 0 heterocycles. The normalized spacial score (nSPS) is 20.8. The number of allylic oxidation sites excluding steroid dienone is 2. The van der Waals surface area contributed by atoms with E-state index >= 15 is 0 Å². The van der Waals surface area contributed by atoms with Gasteiger partial charge in [-0.25, -0.2) is 0 Å². The first kappa shape index (κ1) is 54.8. The fourth-order valence-electron chi connectivity index (χ4n) is 12.5. The first-order valence-corrected chi connectivity index (χ1v) is 30.8. The predicted octanol–water partition coefficient (Wildman–Crippen LogP) is 16.6. The second-order valence-corrected chi connectivity index (χ2v) is 37.6. The van der Waals surface area contributed by atoms with E-state index in [1.807, 2.05) is 0 Å². The molecule has 338 valence electrons. The lowest BCUT2D eigenvalue weighted by molar-refractivity contribution is -0.137. The van der Waals surface area contributed by atoms with Crippen molar-refractivity contribution in [2.75, 3.05) is 0 Å². The molecule has 1 rings (SSSR count). The molecular weight excluding hydrogens is 753 g/mol. The summed E-state index contributed by atoms with van der Waals surface area (Å²) in [6, 6.07) is 0. The van der Waals surface area contributed by atoms with Crippen molar-refractivity contribution in [1.82, 2.24) is 0 Å². The number of rotatable bonds is 30. The molecule has 5 atom stereocenters. The number of carboxylic acid groups (broad SMARTS) is 1. The number of unbranched alkanes of at least 4 members (excludes halogenated alkanes) is 5. The number of hydrogen-bond acceptors (Lipinski definition) is 4. The van der Waals surface area contributed by atoms with E-state index in [1.54, 1.807) is 0 Å². The summed E-state index contributed by atoms with van der Waals surface area (Å²) < 4.78 is 23.6. The van der Waals surface area contributed by atoms with Crippen LogP contribution in [0.4, 0.5) is 0 Å². The molecule has 1 aliphatic carbocycles. The third-order valence-electron chi connectivity index (χ3n) is 15.0. The Hall–Kier alpha value is -0.259. The van der Waals surface area contributed by atoms with Crippen LogP contribution in [-0.4, -0.2) is 54.3 Å². The molecule has 8 heteroatoms. The van der Waals surface area contributed by atoms with Gasteiger partial charge >= 0.3 is 5.97 Å². The Morgan fingerprint density at radius 3 is 1.39 bits per heavy atom. The lowest BCUT2D eigenvalue weighted by Gasteiger charge is -2.46. The molecule has 57 heavy (non-hydrogen) atoms. The van der Waals surface area contributed by atoms with Crippen molar-refractivity contribution in [2.24, 2.45) is 11.8 Å². The maximum Gasteiger partial charge on any atom is 0.303 e. The van der Waals surface area contributed by atoms with Gasteiger partial charge in [0.05, 0.1) is 12.2 Å². The molecule has 0 aromatic rings. The molecule has 0 amide bonds. The highest BCUT2D eigenvalue weighted by atomic mass is 28.4. The first-order valence-electron chi connectivity index (χ1n) is 24.4. The van der Waals surface area contributed by atoms with Crippen LogP contribution in [0.5, 0.6) is 0 Å². The zero-order chi connectivity index (χ0) is 43.9. The quantitative estimate of drug-likeness (QED) is 0.0443. The molecule has 0 aromatic carbocycles. The van der Waals surface area contributed by atoms with Crippen LogP contribution in [0.2, 0.25) is 49.9 Å². The monoisotopic (exact) mass is 853 g/mol. The van der Waals surface area contributed by atoms with E-state index in [1.165, 1.54) is 32.1 Å². The molecule has 0 saturated heterocycles. The average molecular weight is 854 g/mol. The highest BCUT2D eigenvalue weighted by Crippen LogP contribution is 2.53. The minimum atomic E-state index is -2.19. The largest absolute Gasteiger partial charge is 0.481 e. The van der Waals surface area contributed by atoms with E-state index in [0.717, 1.165) is 38.5 Å². The van der Waals surface area contributed by atoms with Gasteiger partial charge in [-0.05, 0) is 107 Å². The standard InChI is InChI=1S/C49H100O5Si3/c1-20-21-22-23-26-29-44(52-55(35(2)3,36(4)5)37(6)7)32-33-46-45(30-27-24-25-28-31-49(50)51)47(53-56(38(8)9,39(10)11)40(12)13)34-48(46)54-57(41(14)15,42(16)17)43(18)19/h24,27,35-48H,20-23,25-26,28-34H2,1-19H3,(H,50,51)/b27-24-/t44-,45?,46?,47?,48?/m1/s1. The third kappa shape index (κ3) is 14.4. The molecule has 0 spiro atoms. The molecule has 0 radical (unpaired) electrons. The van der Waals surface area contributed by atoms with Crippen molar-refractivity contribution in [3.63, 3.8) is 0 Å². The molecule has 0 bridgehead atoms. The van der Waals surface area contributed by atoms with Crippen LogP contribution in [0, 0.1) is 11.8 Å². The number of hydrogen-bond donors (Lipinski definition) is 1. The zero-order valence-corrected chi connectivity index (χ0v) is 44.5. The van der Waals surface area contributed by atoms with Crippen LogP contribution in [0.25, 0.3) is 0 Å². The SMILES string of the molecule is CCCCCCC[C@H](CCC1C(O[Si](C(C)C)(C(C)C)C(C)C)CC(O[Si](C(C)C)(C(C)C)C(C)C)C1C/C=C\CCCC(=O)O)O[Si](C(C)C)(C(C)C)C(C)C. The fourth-order valence-corrected chi connectivity index (χ4v) is 29.4. The van der Waals surface area contributed by atoms with Gasteiger partial charge in [0, 0.05) is 12.5 Å². The van der Waals surface area contributed by atoms with Gasteiger partial charge in [0.25, 0.3) is 0 Å². The van der Waals surface area contributed by atoms with Crippen molar-refractivity contribution >= 4 is 30.9 Å². The van der Waals surface area contributed by atoms with Crippen molar-refractivity contribution < 1.29 is 23.2 Å². The lowest BCUT2D eigenvalue weighted by Crippen LogP contribution is -2.51. The van der Waals surface area contributed by atoms with Crippen LogP contribution in [0.1, 0.15) is 215 Å². The van der Waals surface area contributed by atoms with E-state index in [9.17, 15) is 9.90 Å². The second kappa shape index (κ2) is 25.6. The van der Waals surface area contributed by atoms with E-state index < -0.39 is 30.9 Å². The van der Waals surface area contributed by atoms with E-state index in [-0.39, 0.29) is 24.7 Å². The zero-order valence-electron chi connectivity index (χ0n) is 41.5. The summed E-state index contributed by atoms with van der Waals surface area (Å²) in [5, 5.41) is 9.30. The first-order chi connectivity index (χ1) is 26.5. The Labute approximate surface area is 359 Å². The summed E-state index contributed by atoms with van der Waals surface area (Å²) in [5.41, 5.74) is 4.82. The van der Waals surface area contributed by atoms with Gasteiger partial charge in [-0.3, -0.25) is 4.79 Å². The van der Waals surface area contributed by atoms with Crippen molar-refractivity contribution in [1.29, 1.82) is 0 Å². The van der Waals surface area contributed by atoms with Gasteiger partial charge < -0.3 is 18.4 Å². The fraction of sp³-hybridized carbons (Fsp3) is 0.939. The minimum Gasteiger partial charge on any atom is -0.481 e. The molecule has 1 N–H and O–H groups in total. The minimum absolute atomic E-state index is 0.157. The summed E-state index contributed by atoms with van der Waals surface area (Å²) in [5.74, 6) is 0.0405. The molecule has 0 aromatic heterocycles. The van der Waals surface area contributed by atoms with Crippen LogP contribution < -0.4 is 0 Å². The Bertz CT molecular complexity index is 1060. The molecule has 4 unspecified atom stereocenters. The van der Waals surface area contributed by atoms with Crippen molar-refractivity contribution in [3.05, 3.63) is 12.2 Å². The summed E-state index contributed by atoms with van der Waals surface area (Å²) in [4.78, 5) is 11.3. The summed E-state index contributed by atoms with van der Waals surface area (Å²) in [6.45, 7) is 46.1. The highest BCUT2D eigenvalue weighted by Gasteiger charge is 2.55. The maximum absolute atomic E-state index is 11.3. The average Bonchev–Trinajstić information content (AvgIpc) is 3.41. The van der Waals surface area contributed by atoms with E-state index in [0.29, 0.717) is 68.1 Å². The Morgan fingerprint density at radius 2 is 0.982 bits per heavy atom. The van der Waals surface area contributed by atoms with Crippen LogP contribution in [0.3, 0.4) is 0 Å². The molecule has 1 fully saturated rings. The van der Waals surface area contributed by atoms with Gasteiger partial charge in [0.1, 0.15) is 0 Å². The molecular formula is C49H100O5Si3. The number of aliphatic carboxylic acids is 1. The predicted molar refractivity (Wildman–Crippen MR) is 257 cm³/mol. The van der Waals surface area contributed by atoms with E-state index in [2.05, 4.69) is 144 Å². The Kier molecular flexibility index (Phi) is 24.6.